The highest BCUT2D eigenvalue weighted by molar-refractivity contribution is 5.97. The minimum absolute atomic E-state index is 0.0880. The van der Waals surface area contributed by atoms with E-state index in [9.17, 15) is 4.79 Å². The van der Waals surface area contributed by atoms with Gasteiger partial charge in [0.2, 0.25) is 0 Å². The minimum Gasteiger partial charge on any atom is -0.349 e. The minimum atomic E-state index is 0.0880. The summed E-state index contributed by atoms with van der Waals surface area (Å²) in [7, 11) is 0. The van der Waals surface area contributed by atoms with Crippen LogP contribution in [0.15, 0.2) is 12.1 Å². The molecule has 2 aliphatic rings. The van der Waals surface area contributed by atoms with Gasteiger partial charge in [0.15, 0.2) is 0 Å². The molecular formula is C20H28N4O. The molecule has 0 radical (unpaired) electrons. The monoisotopic (exact) mass is 340 g/mol. The second-order valence-electron chi connectivity index (χ2n) is 8.56. The highest BCUT2D eigenvalue weighted by Gasteiger charge is 2.30. The van der Waals surface area contributed by atoms with Gasteiger partial charge in [-0.2, -0.15) is 0 Å². The van der Waals surface area contributed by atoms with Crippen molar-refractivity contribution < 1.29 is 4.79 Å². The lowest BCUT2D eigenvalue weighted by atomic mass is 9.71. The Balaban J connectivity index is 1.63. The number of pyridine rings is 1. The molecule has 2 aromatic heterocycles. The molecule has 134 valence electrons. The van der Waals surface area contributed by atoms with Gasteiger partial charge in [0.25, 0.3) is 5.91 Å². The largest absolute Gasteiger partial charge is 0.349 e. The Morgan fingerprint density at radius 1 is 1.24 bits per heavy atom. The van der Waals surface area contributed by atoms with Gasteiger partial charge in [0.05, 0.1) is 11.0 Å². The summed E-state index contributed by atoms with van der Waals surface area (Å²) in [5.41, 5.74) is 5.47. The quantitative estimate of drug-likeness (QED) is 0.839. The fraction of sp³-hybridized carbons (Fsp3) is 0.600. The smallest absolute Gasteiger partial charge is 0.270 e. The van der Waals surface area contributed by atoms with E-state index in [0.717, 1.165) is 50.1 Å². The SMILES string of the molecule is CC(C)(C)C1CCc2nc3cc(C(=O)N4CCNCC4)[nH]c3cc2C1. The first-order valence-corrected chi connectivity index (χ1v) is 9.43. The lowest BCUT2D eigenvalue weighted by molar-refractivity contribution is 0.0731. The standard InChI is InChI=1S/C20H28N4O/c1-20(2,3)14-4-5-15-13(10-14)11-16-17(22-15)12-18(23-16)19(25)24-8-6-21-7-9-24/h11-12,14,21,23H,4-10H2,1-3H3. The lowest BCUT2D eigenvalue weighted by Crippen LogP contribution is -2.46. The number of aryl methyl sites for hydroxylation is 1. The third-order valence-electron chi connectivity index (χ3n) is 5.83. The fourth-order valence-corrected chi connectivity index (χ4v) is 4.10. The predicted molar refractivity (Wildman–Crippen MR) is 99.8 cm³/mol. The van der Waals surface area contributed by atoms with Crippen LogP contribution in [0.2, 0.25) is 0 Å². The van der Waals surface area contributed by atoms with E-state index in [1.54, 1.807) is 0 Å². The third kappa shape index (κ3) is 3.17. The summed E-state index contributed by atoms with van der Waals surface area (Å²) in [4.78, 5) is 22.8. The number of aromatic nitrogens is 2. The molecular weight excluding hydrogens is 312 g/mol. The number of H-pyrrole nitrogens is 1. The van der Waals surface area contributed by atoms with Crippen LogP contribution in [0.25, 0.3) is 11.0 Å². The lowest BCUT2D eigenvalue weighted by Gasteiger charge is -2.34. The number of carbonyl (C=O) groups is 1. The first kappa shape index (κ1) is 16.6. The second kappa shape index (κ2) is 6.13. The number of rotatable bonds is 1. The number of nitrogens with zero attached hydrogens (tertiary/aromatic N) is 2. The topological polar surface area (TPSA) is 61.0 Å². The maximum atomic E-state index is 12.7. The zero-order valence-electron chi connectivity index (χ0n) is 15.5. The first-order chi connectivity index (χ1) is 11.9. The Kier molecular flexibility index (Phi) is 4.07. The number of fused-ring (bicyclic) bond motifs is 2. The summed E-state index contributed by atoms with van der Waals surface area (Å²) in [6, 6.07) is 4.15. The number of amides is 1. The van der Waals surface area contributed by atoms with Crippen LogP contribution < -0.4 is 5.32 Å². The van der Waals surface area contributed by atoms with Crippen molar-refractivity contribution in [3.05, 3.63) is 29.1 Å². The summed E-state index contributed by atoms with van der Waals surface area (Å²) in [5, 5.41) is 3.28. The van der Waals surface area contributed by atoms with Crippen molar-refractivity contribution in [1.82, 2.24) is 20.2 Å². The zero-order chi connectivity index (χ0) is 17.6. The average molecular weight is 340 g/mol. The Hall–Kier alpha value is -1.88. The van der Waals surface area contributed by atoms with Gasteiger partial charge in [-0.1, -0.05) is 20.8 Å². The van der Waals surface area contributed by atoms with E-state index >= 15 is 0 Å². The highest BCUT2D eigenvalue weighted by Crippen LogP contribution is 2.37. The van der Waals surface area contributed by atoms with Crippen molar-refractivity contribution in [2.75, 3.05) is 26.2 Å². The highest BCUT2D eigenvalue weighted by atomic mass is 16.2. The molecule has 1 fully saturated rings. The molecule has 25 heavy (non-hydrogen) atoms. The van der Waals surface area contributed by atoms with Crippen LogP contribution in [0, 0.1) is 11.3 Å². The number of carbonyl (C=O) groups excluding carboxylic acids is 1. The molecule has 2 aromatic rings. The Bertz CT molecular complexity index is 796. The van der Waals surface area contributed by atoms with Gasteiger partial charge in [0, 0.05) is 31.9 Å². The summed E-state index contributed by atoms with van der Waals surface area (Å²) < 4.78 is 0. The van der Waals surface area contributed by atoms with Gasteiger partial charge in [-0.15, -0.1) is 0 Å². The number of hydrogen-bond donors (Lipinski definition) is 2. The molecule has 5 nitrogen and oxygen atoms in total. The molecule has 1 atom stereocenters. The van der Waals surface area contributed by atoms with E-state index in [1.807, 2.05) is 11.0 Å². The zero-order valence-corrected chi connectivity index (χ0v) is 15.5. The molecule has 0 spiro atoms. The molecule has 5 heteroatoms. The van der Waals surface area contributed by atoms with Gasteiger partial charge in [-0.3, -0.25) is 9.78 Å². The molecule has 2 N–H and O–H groups in total. The van der Waals surface area contributed by atoms with Gasteiger partial charge in [-0.05, 0) is 48.3 Å². The molecule has 4 rings (SSSR count). The summed E-state index contributed by atoms with van der Waals surface area (Å²) in [5.74, 6) is 0.779. The van der Waals surface area contributed by atoms with E-state index in [0.29, 0.717) is 17.0 Å². The van der Waals surface area contributed by atoms with E-state index in [-0.39, 0.29) is 5.91 Å². The van der Waals surface area contributed by atoms with Crippen LogP contribution in [-0.4, -0.2) is 47.0 Å². The Labute approximate surface area is 149 Å². The maximum absolute atomic E-state index is 12.7. The maximum Gasteiger partial charge on any atom is 0.270 e. The van der Waals surface area contributed by atoms with E-state index in [1.165, 1.54) is 17.7 Å². The van der Waals surface area contributed by atoms with Gasteiger partial charge in [-0.25, -0.2) is 0 Å². The second-order valence-corrected chi connectivity index (χ2v) is 8.56. The van der Waals surface area contributed by atoms with Gasteiger partial charge < -0.3 is 15.2 Å². The number of nitrogens with one attached hydrogen (secondary N) is 2. The molecule has 3 heterocycles. The van der Waals surface area contributed by atoms with Gasteiger partial charge in [0.1, 0.15) is 5.69 Å². The molecule has 1 saturated heterocycles. The molecule has 1 aliphatic carbocycles. The Morgan fingerprint density at radius 3 is 2.72 bits per heavy atom. The van der Waals surface area contributed by atoms with Crippen LogP contribution in [0.1, 0.15) is 48.9 Å². The first-order valence-electron chi connectivity index (χ1n) is 9.43. The van der Waals surface area contributed by atoms with Crippen molar-refractivity contribution >= 4 is 16.9 Å². The molecule has 1 aliphatic heterocycles. The molecule has 1 amide bonds. The fourth-order valence-electron chi connectivity index (χ4n) is 4.10. The molecule has 0 saturated carbocycles. The predicted octanol–water partition coefficient (Wildman–Crippen LogP) is 2.76. The van der Waals surface area contributed by atoms with E-state index < -0.39 is 0 Å². The number of aromatic amines is 1. The van der Waals surface area contributed by atoms with Crippen LogP contribution in [0.4, 0.5) is 0 Å². The van der Waals surface area contributed by atoms with Crippen molar-refractivity contribution in [3.8, 4) is 0 Å². The van der Waals surface area contributed by atoms with Crippen molar-refractivity contribution in [1.29, 1.82) is 0 Å². The van der Waals surface area contributed by atoms with Crippen molar-refractivity contribution in [2.24, 2.45) is 11.3 Å². The van der Waals surface area contributed by atoms with Gasteiger partial charge >= 0.3 is 0 Å². The van der Waals surface area contributed by atoms with Crippen LogP contribution >= 0.6 is 0 Å². The number of hydrogen-bond acceptors (Lipinski definition) is 3. The van der Waals surface area contributed by atoms with Crippen LogP contribution in [-0.2, 0) is 12.8 Å². The van der Waals surface area contributed by atoms with E-state index in [2.05, 4.69) is 37.1 Å². The summed E-state index contributed by atoms with van der Waals surface area (Å²) >= 11 is 0. The number of piperazine rings is 1. The van der Waals surface area contributed by atoms with Crippen LogP contribution in [0.5, 0.6) is 0 Å². The molecule has 0 aromatic carbocycles. The third-order valence-corrected chi connectivity index (χ3v) is 5.83. The van der Waals surface area contributed by atoms with Crippen molar-refractivity contribution in [2.45, 2.75) is 40.0 Å². The molecule has 0 bridgehead atoms. The summed E-state index contributed by atoms with van der Waals surface area (Å²) in [6.07, 6.45) is 3.33. The van der Waals surface area contributed by atoms with Crippen LogP contribution in [0.3, 0.4) is 0 Å². The van der Waals surface area contributed by atoms with Crippen molar-refractivity contribution in [3.63, 3.8) is 0 Å². The average Bonchev–Trinajstić information content (AvgIpc) is 3.01. The summed E-state index contributed by atoms with van der Waals surface area (Å²) in [6.45, 7) is 10.3. The molecule has 1 unspecified atom stereocenters. The van der Waals surface area contributed by atoms with E-state index in [4.69, 9.17) is 4.98 Å². The Morgan fingerprint density at radius 2 is 2.00 bits per heavy atom. The normalized spacial score (nSPS) is 21.4.